The van der Waals surface area contributed by atoms with Crippen molar-refractivity contribution >= 4 is 11.5 Å². The van der Waals surface area contributed by atoms with Crippen LogP contribution in [-0.2, 0) is 7.05 Å². The van der Waals surface area contributed by atoms with Crippen LogP contribution in [0.2, 0.25) is 0 Å². The van der Waals surface area contributed by atoms with Crippen molar-refractivity contribution in [1.82, 2.24) is 14.7 Å². The summed E-state index contributed by atoms with van der Waals surface area (Å²) < 4.78 is 1.60. The molecule has 1 unspecified atom stereocenters. The number of aromatic nitrogens is 2. The van der Waals surface area contributed by atoms with Crippen molar-refractivity contribution in [3.8, 4) is 0 Å². The highest BCUT2D eigenvalue weighted by Gasteiger charge is 2.30. The molecule has 0 aliphatic carbocycles. The summed E-state index contributed by atoms with van der Waals surface area (Å²) in [5.41, 5.74) is 0.664. The van der Waals surface area contributed by atoms with Crippen LogP contribution in [0.5, 0.6) is 0 Å². The van der Waals surface area contributed by atoms with Crippen molar-refractivity contribution in [2.75, 3.05) is 25.0 Å². The van der Waals surface area contributed by atoms with Crippen LogP contribution < -0.4 is 5.32 Å². The molecule has 1 aliphatic rings. The van der Waals surface area contributed by atoms with E-state index >= 15 is 0 Å². The molecule has 0 bridgehead atoms. The van der Waals surface area contributed by atoms with Gasteiger partial charge in [-0.25, -0.2) is 4.68 Å². The van der Waals surface area contributed by atoms with E-state index in [9.17, 15) is 10.1 Å². The lowest BCUT2D eigenvalue weighted by Gasteiger charge is -2.23. The molecule has 0 spiro atoms. The Kier molecular flexibility index (Phi) is 4.82. The van der Waals surface area contributed by atoms with Gasteiger partial charge in [-0.1, -0.05) is 20.8 Å². The molecule has 1 aromatic heterocycles. The number of nitro groups is 1. The van der Waals surface area contributed by atoms with E-state index in [1.165, 1.54) is 6.42 Å². The van der Waals surface area contributed by atoms with E-state index in [0.717, 1.165) is 26.1 Å². The topological polar surface area (TPSA) is 76.2 Å². The molecule has 7 nitrogen and oxygen atoms in total. The molecular weight excluding hydrogens is 270 g/mol. The Labute approximate surface area is 125 Å². The summed E-state index contributed by atoms with van der Waals surface area (Å²) in [7, 11) is 1.76. The van der Waals surface area contributed by atoms with Crippen LogP contribution >= 0.6 is 0 Å². The Bertz CT molecular complexity index is 512. The van der Waals surface area contributed by atoms with Gasteiger partial charge >= 0.3 is 5.69 Å². The number of likely N-dealkylation sites (N-methyl/N-ethyl adjacent to an activating group) is 1. The van der Waals surface area contributed by atoms with E-state index in [-0.39, 0.29) is 16.5 Å². The van der Waals surface area contributed by atoms with E-state index in [2.05, 4.69) is 22.2 Å². The quantitative estimate of drug-likeness (QED) is 0.644. The smallest absolute Gasteiger partial charge is 0.334 e. The highest BCUT2D eigenvalue weighted by molar-refractivity contribution is 5.60. The summed E-state index contributed by atoms with van der Waals surface area (Å²) in [6.07, 6.45) is 2.34. The first-order valence-electron chi connectivity index (χ1n) is 7.64. The Morgan fingerprint density at radius 1 is 1.52 bits per heavy atom. The van der Waals surface area contributed by atoms with Gasteiger partial charge in [-0.2, -0.15) is 5.10 Å². The molecule has 0 saturated carbocycles. The summed E-state index contributed by atoms with van der Waals surface area (Å²) in [4.78, 5) is 13.5. The number of hydrogen-bond donors (Lipinski definition) is 1. The fraction of sp³-hybridized carbons (Fsp3) is 0.786. The van der Waals surface area contributed by atoms with Gasteiger partial charge in [0.05, 0.1) is 4.92 Å². The van der Waals surface area contributed by atoms with Gasteiger partial charge in [0.1, 0.15) is 5.69 Å². The Hall–Kier alpha value is -1.63. The molecule has 1 saturated heterocycles. The second kappa shape index (κ2) is 6.43. The predicted molar refractivity (Wildman–Crippen MR) is 82.7 cm³/mol. The third kappa shape index (κ3) is 3.18. The molecule has 0 amide bonds. The lowest BCUT2D eigenvalue weighted by Crippen LogP contribution is -2.35. The third-order valence-electron chi connectivity index (χ3n) is 4.19. The lowest BCUT2D eigenvalue weighted by atomic mass is 10.1. The van der Waals surface area contributed by atoms with Crippen molar-refractivity contribution < 1.29 is 4.92 Å². The van der Waals surface area contributed by atoms with Gasteiger partial charge in [-0.3, -0.25) is 15.0 Å². The van der Waals surface area contributed by atoms with Gasteiger partial charge < -0.3 is 5.32 Å². The maximum atomic E-state index is 11.4. The van der Waals surface area contributed by atoms with Crippen molar-refractivity contribution in [3.05, 3.63) is 15.8 Å². The summed E-state index contributed by atoms with van der Waals surface area (Å²) >= 11 is 0. The molecule has 0 aromatic carbocycles. The maximum absolute atomic E-state index is 11.4. The minimum atomic E-state index is -0.323. The summed E-state index contributed by atoms with van der Waals surface area (Å²) in [5, 5.41) is 19.0. The van der Waals surface area contributed by atoms with Gasteiger partial charge in [0.25, 0.3) is 0 Å². The zero-order chi connectivity index (χ0) is 15.6. The molecule has 0 radical (unpaired) electrons. The molecule has 21 heavy (non-hydrogen) atoms. The van der Waals surface area contributed by atoms with Crippen LogP contribution in [0, 0.1) is 10.1 Å². The van der Waals surface area contributed by atoms with E-state index in [0.29, 0.717) is 17.6 Å². The molecule has 118 valence electrons. The van der Waals surface area contributed by atoms with E-state index in [4.69, 9.17) is 0 Å². The van der Waals surface area contributed by atoms with Crippen LogP contribution in [0.4, 0.5) is 11.5 Å². The minimum Gasteiger partial charge on any atom is -0.363 e. The van der Waals surface area contributed by atoms with E-state index in [1.807, 2.05) is 13.8 Å². The van der Waals surface area contributed by atoms with E-state index < -0.39 is 0 Å². The maximum Gasteiger partial charge on any atom is 0.334 e. The molecule has 1 N–H and O–H groups in total. The average Bonchev–Trinajstić information content (AvgIpc) is 3.00. The first-order chi connectivity index (χ1) is 9.95. The number of nitrogens with one attached hydrogen (secondary N) is 1. The number of likely N-dealkylation sites (tertiary alicyclic amines) is 1. The zero-order valence-corrected chi connectivity index (χ0v) is 13.3. The first kappa shape index (κ1) is 15.8. The van der Waals surface area contributed by atoms with Crippen LogP contribution in [0.3, 0.4) is 0 Å². The largest absolute Gasteiger partial charge is 0.363 e. The van der Waals surface area contributed by atoms with E-state index in [1.54, 1.807) is 11.7 Å². The monoisotopic (exact) mass is 295 g/mol. The van der Waals surface area contributed by atoms with Gasteiger partial charge in [0.2, 0.25) is 5.82 Å². The van der Waals surface area contributed by atoms with Crippen LogP contribution in [0.25, 0.3) is 0 Å². The standard InChI is InChI=1S/C14H25N5O2/c1-5-18-8-6-7-11(18)9-15-14-13(19(20)21)12(10(2)3)16-17(14)4/h10-11,15H,5-9H2,1-4H3. The van der Waals surface area contributed by atoms with Gasteiger partial charge in [0.15, 0.2) is 0 Å². The Balaban J connectivity index is 2.18. The van der Waals surface area contributed by atoms with Crippen LogP contribution in [-0.4, -0.2) is 45.3 Å². The molecule has 1 aromatic rings. The van der Waals surface area contributed by atoms with Crippen molar-refractivity contribution in [3.63, 3.8) is 0 Å². The molecule has 7 heteroatoms. The normalized spacial score (nSPS) is 19.4. The molecule has 1 atom stereocenters. The number of nitrogens with zero attached hydrogens (tertiary/aromatic N) is 4. The number of rotatable bonds is 6. The highest BCUT2D eigenvalue weighted by Crippen LogP contribution is 2.33. The number of hydrogen-bond acceptors (Lipinski definition) is 5. The molecule has 1 fully saturated rings. The molecule has 2 rings (SSSR count). The minimum absolute atomic E-state index is 0.0331. The van der Waals surface area contributed by atoms with Gasteiger partial charge in [-0.15, -0.1) is 0 Å². The van der Waals surface area contributed by atoms with Crippen molar-refractivity contribution in [2.45, 2.75) is 45.6 Å². The molecule has 1 aliphatic heterocycles. The number of anilines is 1. The summed E-state index contributed by atoms with van der Waals surface area (Å²) in [6, 6.07) is 0.451. The summed E-state index contributed by atoms with van der Waals surface area (Å²) in [6.45, 7) is 8.88. The second-order valence-electron chi connectivity index (χ2n) is 5.92. The molecular formula is C14H25N5O2. The zero-order valence-electron chi connectivity index (χ0n) is 13.3. The van der Waals surface area contributed by atoms with Gasteiger partial charge in [0, 0.05) is 25.6 Å². The molecule has 2 heterocycles. The first-order valence-corrected chi connectivity index (χ1v) is 7.64. The van der Waals surface area contributed by atoms with Crippen molar-refractivity contribution in [1.29, 1.82) is 0 Å². The van der Waals surface area contributed by atoms with Crippen LogP contribution in [0.1, 0.15) is 45.2 Å². The summed E-state index contributed by atoms with van der Waals surface area (Å²) in [5.74, 6) is 0.553. The fourth-order valence-corrected chi connectivity index (χ4v) is 3.06. The Morgan fingerprint density at radius 2 is 2.24 bits per heavy atom. The van der Waals surface area contributed by atoms with Crippen LogP contribution in [0.15, 0.2) is 0 Å². The highest BCUT2D eigenvalue weighted by atomic mass is 16.6. The predicted octanol–water partition coefficient (Wildman–Crippen LogP) is 2.35. The van der Waals surface area contributed by atoms with Gasteiger partial charge in [-0.05, 0) is 25.9 Å². The van der Waals surface area contributed by atoms with Crippen molar-refractivity contribution in [2.24, 2.45) is 7.05 Å². The average molecular weight is 295 g/mol. The Morgan fingerprint density at radius 3 is 2.81 bits per heavy atom. The fourth-order valence-electron chi connectivity index (χ4n) is 3.06. The number of aryl methyl sites for hydroxylation is 1. The SMILES string of the molecule is CCN1CCCC1CNc1c([N+](=O)[O-])c(C(C)C)nn1C. The lowest BCUT2D eigenvalue weighted by molar-refractivity contribution is -0.384. The third-order valence-corrected chi connectivity index (χ3v) is 4.19. The second-order valence-corrected chi connectivity index (χ2v) is 5.92.